The van der Waals surface area contributed by atoms with E-state index in [1.807, 2.05) is 12.1 Å². The van der Waals surface area contributed by atoms with Crippen molar-refractivity contribution >= 4 is 6.16 Å². The molecule has 16 heavy (non-hydrogen) atoms. The number of carbonyl (C=O) groups excluding carboxylic acids is 1. The van der Waals surface area contributed by atoms with Crippen LogP contribution in [0.2, 0.25) is 0 Å². The van der Waals surface area contributed by atoms with Gasteiger partial charge in [0.15, 0.2) is 0 Å². The molecule has 0 bridgehead atoms. The molecule has 0 heterocycles. The summed E-state index contributed by atoms with van der Waals surface area (Å²) in [6, 6.07) is 10.5. The minimum atomic E-state index is -1.94. The van der Waals surface area contributed by atoms with E-state index < -0.39 is 6.16 Å². The number of hydrogen-bond donors (Lipinski definition) is 1. The molecule has 0 atom stereocenters. The summed E-state index contributed by atoms with van der Waals surface area (Å²) in [5, 5.41) is 32.6. The average molecular weight is 228 g/mol. The number of benzene rings is 1. The van der Waals surface area contributed by atoms with Crippen molar-refractivity contribution in [2.45, 2.75) is 0 Å². The van der Waals surface area contributed by atoms with Crippen LogP contribution in [-0.2, 0) is 4.89 Å². The second-order valence-electron chi connectivity index (χ2n) is 2.15. The van der Waals surface area contributed by atoms with Gasteiger partial charge in [-0.1, -0.05) is 6.07 Å². The fourth-order valence-corrected chi connectivity index (χ4v) is 0.658. The maximum atomic E-state index is 8.78. The van der Waals surface area contributed by atoms with E-state index in [1.165, 1.54) is 0 Å². The Hall–Kier alpha value is -1.57. The molecule has 1 rings (SSSR count). The maximum absolute atomic E-state index is 8.78. The molecule has 0 aliphatic heterocycles. The molecular weight excluding hydrogens is 223 g/mol. The van der Waals surface area contributed by atoms with Crippen molar-refractivity contribution < 1.29 is 49.6 Å². The quantitative estimate of drug-likeness (QED) is 0.292. The topological polar surface area (TPSA) is 117 Å². The summed E-state index contributed by atoms with van der Waals surface area (Å²) >= 11 is 0. The van der Waals surface area contributed by atoms with Crippen molar-refractivity contribution in [3.8, 4) is 12.1 Å². The molecule has 0 spiro atoms. The molecule has 7 heteroatoms. The third-order valence-electron chi connectivity index (χ3n) is 1.20. The van der Waals surface area contributed by atoms with E-state index in [0.717, 1.165) is 0 Å². The summed E-state index contributed by atoms with van der Waals surface area (Å²) in [5.74, 6) is 0. The molecule has 0 amide bonds. The molecule has 0 saturated heterocycles. The van der Waals surface area contributed by atoms with Crippen molar-refractivity contribution in [1.29, 1.82) is 10.5 Å². The first kappa shape index (κ1) is 16.8. The van der Waals surface area contributed by atoms with Gasteiger partial charge in [-0.25, -0.2) is 0 Å². The molecule has 0 aliphatic carbocycles. The van der Waals surface area contributed by atoms with Gasteiger partial charge in [0.2, 0.25) is 0 Å². The van der Waals surface area contributed by atoms with Gasteiger partial charge in [0.1, 0.15) is 0 Å². The minimum absolute atomic E-state index is 0. The largest absolute Gasteiger partial charge is 1.00 e. The SMILES string of the molecule is N#Cc1cccc(C#N)c1.O=C([O-])OO.[Na+]. The van der Waals surface area contributed by atoms with Crippen LogP contribution in [0.1, 0.15) is 11.1 Å². The summed E-state index contributed by atoms with van der Waals surface area (Å²) < 4.78 is 0. The van der Waals surface area contributed by atoms with Gasteiger partial charge in [0, 0.05) is 0 Å². The van der Waals surface area contributed by atoms with Gasteiger partial charge in [-0.3, -0.25) is 5.26 Å². The van der Waals surface area contributed by atoms with Crippen LogP contribution in [0.4, 0.5) is 4.79 Å². The summed E-state index contributed by atoms with van der Waals surface area (Å²) in [6.07, 6.45) is -1.94. The van der Waals surface area contributed by atoms with Crippen LogP contribution in [0, 0.1) is 22.7 Å². The number of nitrogens with zero attached hydrogens (tertiary/aromatic N) is 2. The van der Waals surface area contributed by atoms with Gasteiger partial charge in [-0.2, -0.15) is 10.5 Å². The van der Waals surface area contributed by atoms with E-state index in [0.29, 0.717) is 11.1 Å². The third kappa shape index (κ3) is 7.80. The number of carbonyl (C=O) groups is 1. The normalized spacial score (nSPS) is 6.94. The van der Waals surface area contributed by atoms with Crippen LogP contribution in [0.3, 0.4) is 0 Å². The summed E-state index contributed by atoms with van der Waals surface area (Å²) in [4.78, 5) is 11.3. The van der Waals surface area contributed by atoms with Crippen molar-refractivity contribution in [3.63, 3.8) is 0 Å². The van der Waals surface area contributed by atoms with Gasteiger partial charge < -0.3 is 14.8 Å². The van der Waals surface area contributed by atoms with Gasteiger partial charge in [0.05, 0.1) is 23.3 Å². The predicted octanol–water partition coefficient (Wildman–Crippen LogP) is -2.75. The molecule has 1 aromatic carbocycles. The molecule has 0 saturated carbocycles. The Morgan fingerprint density at radius 1 is 1.31 bits per heavy atom. The Morgan fingerprint density at radius 2 is 1.69 bits per heavy atom. The third-order valence-corrected chi connectivity index (χ3v) is 1.20. The molecule has 1 aromatic rings. The second kappa shape index (κ2) is 9.97. The van der Waals surface area contributed by atoms with Crippen LogP contribution in [0.25, 0.3) is 0 Å². The number of rotatable bonds is 0. The fourth-order valence-electron chi connectivity index (χ4n) is 0.658. The summed E-state index contributed by atoms with van der Waals surface area (Å²) in [7, 11) is 0. The number of carboxylic acid groups (broad SMARTS) is 1. The Bertz CT molecular complexity index is 393. The first-order chi connectivity index (χ1) is 7.13. The van der Waals surface area contributed by atoms with Crippen molar-refractivity contribution in [2.75, 3.05) is 0 Å². The van der Waals surface area contributed by atoms with E-state index in [9.17, 15) is 0 Å². The van der Waals surface area contributed by atoms with Crippen LogP contribution in [0.15, 0.2) is 24.3 Å². The number of nitriles is 2. The summed E-state index contributed by atoms with van der Waals surface area (Å²) in [5.41, 5.74) is 1.05. The zero-order chi connectivity index (χ0) is 11.7. The van der Waals surface area contributed by atoms with Crippen LogP contribution >= 0.6 is 0 Å². The minimum Gasteiger partial charge on any atom is -0.424 e. The average Bonchev–Trinajstić information content (AvgIpc) is 2.29. The molecule has 0 fully saturated rings. The summed E-state index contributed by atoms with van der Waals surface area (Å²) in [6.45, 7) is 0. The van der Waals surface area contributed by atoms with Gasteiger partial charge in [-0.15, -0.1) is 0 Å². The molecule has 6 nitrogen and oxygen atoms in total. The van der Waals surface area contributed by atoms with Crippen LogP contribution < -0.4 is 34.7 Å². The zero-order valence-electron chi connectivity index (χ0n) is 8.38. The molecule has 1 N–H and O–H groups in total. The van der Waals surface area contributed by atoms with Gasteiger partial charge in [0.25, 0.3) is 6.16 Å². The Labute approximate surface area is 114 Å². The number of hydrogen-bond acceptors (Lipinski definition) is 6. The zero-order valence-corrected chi connectivity index (χ0v) is 10.4. The van der Waals surface area contributed by atoms with Crippen LogP contribution in [0.5, 0.6) is 0 Å². The monoisotopic (exact) mass is 228 g/mol. The Balaban J connectivity index is 0. The Kier molecular flexibility index (Phi) is 10.5. The van der Waals surface area contributed by atoms with E-state index in [4.69, 9.17) is 25.7 Å². The van der Waals surface area contributed by atoms with Crippen molar-refractivity contribution in [1.82, 2.24) is 0 Å². The van der Waals surface area contributed by atoms with E-state index in [1.54, 1.807) is 24.3 Å². The molecular formula is C9H5N2NaO4. The smallest absolute Gasteiger partial charge is 0.424 e. The molecule has 76 valence electrons. The second-order valence-corrected chi connectivity index (χ2v) is 2.15. The predicted molar refractivity (Wildman–Crippen MR) is 45.0 cm³/mol. The molecule has 0 aliphatic rings. The van der Waals surface area contributed by atoms with Crippen molar-refractivity contribution in [2.24, 2.45) is 0 Å². The first-order valence-electron chi connectivity index (χ1n) is 3.56. The van der Waals surface area contributed by atoms with Crippen LogP contribution in [-0.4, -0.2) is 11.4 Å². The van der Waals surface area contributed by atoms with Crippen molar-refractivity contribution in [3.05, 3.63) is 35.4 Å². The molecule has 0 radical (unpaired) electrons. The van der Waals surface area contributed by atoms with E-state index in [-0.39, 0.29) is 29.6 Å². The first-order valence-corrected chi connectivity index (χ1v) is 3.56. The molecule has 0 unspecified atom stereocenters. The van der Waals surface area contributed by atoms with Gasteiger partial charge in [-0.05, 0) is 18.2 Å². The van der Waals surface area contributed by atoms with E-state index >= 15 is 0 Å². The van der Waals surface area contributed by atoms with Gasteiger partial charge >= 0.3 is 29.6 Å². The standard InChI is InChI=1S/C8H4N2.CH2O4.Na/c9-5-7-2-1-3-8(4-7)6-10;2-1(3)5-4;/h1-4H;4H,(H,2,3);/q;;+1/p-1. The maximum Gasteiger partial charge on any atom is 1.00 e. The Morgan fingerprint density at radius 3 is 1.94 bits per heavy atom. The molecule has 0 aromatic heterocycles. The van der Waals surface area contributed by atoms with E-state index in [2.05, 4.69) is 4.89 Å². The fraction of sp³-hybridized carbons (Fsp3) is 0.